The van der Waals surface area contributed by atoms with Crippen molar-refractivity contribution < 1.29 is 9.53 Å². The van der Waals surface area contributed by atoms with Crippen LogP contribution in [0.3, 0.4) is 0 Å². The monoisotopic (exact) mass is 311 g/mol. The smallest absolute Gasteiger partial charge is 0.412 e. The molecule has 7 heteroatoms. The van der Waals surface area contributed by atoms with E-state index in [9.17, 15) is 4.79 Å². The molecule has 1 amide bonds. The number of rotatable bonds is 3. The fourth-order valence-corrected chi connectivity index (χ4v) is 2.37. The summed E-state index contributed by atoms with van der Waals surface area (Å²) in [6.07, 6.45) is 10.2. The van der Waals surface area contributed by atoms with Gasteiger partial charge in [-0.1, -0.05) is 24.3 Å². The molecule has 118 valence electrons. The summed E-state index contributed by atoms with van der Waals surface area (Å²) in [5.41, 5.74) is 7.91. The van der Waals surface area contributed by atoms with E-state index >= 15 is 0 Å². The van der Waals surface area contributed by atoms with Crippen LogP contribution in [-0.2, 0) is 4.74 Å². The maximum absolute atomic E-state index is 11.5. The SMILES string of the molecule is CCOC(=O)Nc1cc2ncc(C3C=CC=CC3)nc2c(N)n1. The molecule has 1 atom stereocenters. The average molecular weight is 311 g/mol. The van der Waals surface area contributed by atoms with Gasteiger partial charge in [0.1, 0.15) is 11.3 Å². The Bertz CT molecular complexity index is 800. The van der Waals surface area contributed by atoms with Crippen molar-refractivity contribution in [2.45, 2.75) is 19.3 Å². The third-order valence-electron chi connectivity index (χ3n) is 3.44. The van der Waals surface area contributed by atoms with Crippen LogP contribution in [0, 0.1) is 0 Å². The van der Waals surface area contributed by atoms with Gasteiger partial charge in [0.15, 0.2) is 5.82 Å². The molecule has 1 aliphatic rings. The van der Waals surface area contributed by atoms with Crippen LogP contribution in [0.15, 0.2) is 36.6 Å². The second-order valence-corrected chi connectivity index (χ2v) is 5.06. The Balaban J connectivity index is 1.91. The minimum atomic E-state index is -0.581. The van der Waals surface area contributed by atoms with E-state index < -0.39 is 6.09 Å². The molecule has 1 unspecified atom stereocenters. The Morgan fingerprint density at radius 3 is 3.04 bits per heavy atom. The van der Waals surface area contributed by atoms with Crippen molar-refractivity contribution in [2.24, 2.45) is 0 Å². The normalized spacial score (nSPS) is 16.5. The van der Waals surface area contributed by atoms with Crippen LogP contribution in [0.2, 0.25) is 0 Å². The van der Waals surface area contributed by atoms with Crippen molar-refractivity contribution in [3.8, 4) is 0 Å². The van der Waals surface area contributed by atoms with Gasteiger partial charge in [-0.3, -0.25) is 10.3 Å². The zero-order valence-electron chi connectivity index (χ0n) is 12.7. The van der Waals surface area contributed by atoms with Gasteiger partial charge < -0.3 is 10.5 Å². The molecule has 2 aromatic rings. The fourth-order valence-electron chi connectivity index (χ4n) is 2.37. The molecule has 0 spiro atoms. The van der Waals surface area contributed by atoms with E-state index in [0.29, 0.717) is 11.0 Å². The van der Waals surface area contributed by atoms with E-state index in [-0.39, 0.29) is 24.2 Å². The topological polar surface area (TPSA) is 103 Å². The maximum atomic E-state index is 11.5. The van der Waals surface area contributed by atoms with Crippen molar-refractivity contribution >= 4 is 28.8 Å². The molecule has 0 saturated carbocycles. The third-order valence-corrected chi connectivity index (χ3v) is 3.44. The van der Waals surface area contributed by atoms with E-state index in [1.54, 1.807) is 19.2 Å². The zero-order chi connectivity index (χ0) is 16.2. The number of aromatic nitrogens is 3. The van der Waals surface area contributed by atoms with Crippen LogP contribution >= 0.6 is 0 Å². The van der Waals surface area contributed by atoms with Crippen molar-refractivity contribution in [2.75, 3.05) is 17.7 Å². The Labute approximate surface area is 133 Å². The molecule has 7 nitrogen and oxygen atoms in total. The average Bonchev–Trinajstić information content (AvgIpc) is 2.55. The van der Waals surface area contributed by atoms with E-state index in [1.807, 2.05) is 12.2 Å². The molecule has 2 heterocycles. The minimum absolute atomic E-state index is 0.189. The summed E-state index contributed by atoms with van der Waals surface area (Å²) in [4.78, 5) is 24.6. The number of amides is 1. The van der Waals surface area contributed by atoms with Crippen LogP contribution in [0.5, 0.6) is 0 Å². The summed E-state index contributed by atoms with van der Waals surface area (Å²) in [5.74, 6) is 0.698. The lowest BCUT2D eigenvalue weighted by Gasteiger charge is -2.13. The first-order valence-corrected chi connectivity index (χ1v) is 7.37. The Morgan fingerprint density at radius 1 is 1.43 bits per heavy atom. The number of nitrogens with zero attached hydrogens (tertiary/aromatic N) is 3. The predicted molar refractivity (Wildman–Crippen MR) is 88.0 cm³/mol. The molecule has 0 bridgehead atoms. The van der Waals surface area contributed by atoms with E-state index in [0.717, 1.165) is 12.1 Å². The first kappa shape index (κ1) is 15.0. The van der Waals surface area contributed by atoms with Crippen molar-refractivity contribution in [3.05, 3.63) is 42.3 Å². The summed E-state index contributed by atoms with van der Waals surface area (Å²) in [7, 11) is 0. The lowest BCUT2D eigenvalue weighted by atomic mass is 9.97. The van der Waals surface area contributed by atoms with E-state index in [1.165, 1.54) is 0 Å². The number of ether oxygens (including phenoxy) is 1. The second-order valence-electron chi connectivity index (χ2n) is 5.06. The molecule has 0 radical (unpaired) electrons. The van der Waals surface area contributed by atoms with Gasteiger partial charge in [0.05, 0.1) is 17.8 Å². The lowest BCUT2D eigenvalue weighted by molar-refractivity contribution is 0.168. The number of pyridine rings is 1. The number of hydrogen-bond acceptors (Lipinski definition) is 6. The predicted octanol–water partition coefficient (Wildman–Crippen LogP) is 2.78. The largest absolute Gasteiger partial charge is 0.450 e. The quantitative estimate of drug-likeness (QED) is 0.903. The zero-order valence-corrected chi connectivity index (χ0v) is 12.7. The maximum Gasteiger partial charge on any atom is 0.412 e. The standard InChI is InChI=1S/C16H17N5O2/c1-2-23-16(22)21-13-8-11-14(15(17)20-13)19-12(9-18-11)10-6-4-3-5-7-10/h3-6,8-10H,2,7H2,1H3,(H3,17,20,21,22). The summed E-state index contributed by atoms with van der Waals surface area (Å²) in [5, 5.41) is 2.51. The lowest BCUT2D eigenvalue weighted by Crippen LogP contribution is -2.15. The number of fused-ring (bicyclic) bond motifs is 1. The Hall–Kier alpha value is -2.96. The molecule has 0 fully saturated rings. The number of nitrogen functional groups attached to an aromatic ring is 1. The van der Waals surface area contributed by atoms with E-state index in [4.69, 9.17) is 10.5 Å². The molecule has 23 heavy (non-hydrogen) atoms. The molecule has 2 aromatic heterocycles. The summed E-state index contributed by atoms with van der Waals surface area (Å²) in [6, 6.07) is 1.62. The highest BCUT2D eigenvalue weighted by Crippen LogP contribution is 2.26. The molecule has 0 aliphatic heterocycles. The van der Waals surface area contributed by atoms with Crippen molar-refractivity contribution in [3.63, 3.8) is 0 Å². The van der Waals surface area contributed by atoms with Gasteiger partial charge in [-0.15, -0.1) is 0 Å². The molecule has 3 N–H and O–H groups in total. The van der Waals surface area contributed by atoms with Crippen LogP contribution in [0.1, 0.15) is 25.0 Å². The Kier molecular flexibility index (Phi) is 4.18. The number of carbonyl (C=O) groups is 1. The highest BCUT2D eigenvalue weighted by Gasteiger charge is 2.14. The molecular formula is C16H17N5O2. The van der Waals surface area contributed by atoms with Gasteiger partial charge in [-0.25, -0.2) is 14.8 Å². The van der Waals surface area contributed by atoms with Crippen LogP contribution in [0.4, 0.5) is 16.4 Å². The number of hydrogen-bond donors (Lipinski definition) is 2. The fraction of sp³-hybridized carbons (Fsp3) is 0.250. The molecule has 0 aromatic carbocycles. The van der Waals surface area contributed by atoms with Crippen LogP contribution in [-0.4, -0.2) is 27.7 Å². The number of carbonyl (C=O) groups excluding carboxylic acids is 1. The van der Waals surface area contributed by atoms with Crippen LogP contribution in [0.25, 0.3) is 11.0 Å². The summed E-state index contributed by atoms with van der Waals surface area (Å²) < 4.78 is 4.82. The first-order chi connectivity index (χ1) is 11.2. The molecule has 1 aliphatic carbocycles. The third kappa shape index (κ3) is 3.28. The van der Waals surface area contributed by atoms with Gasteiger partial charge in [0.2, 0.25) is 0 Å². The number of nitrogens with one attached hydrogen (secondary N) is 1. The molecular weight excluding hydrogens is 294 g/mol. The summed E-state index contributed by atoms with van der Waals surface area (Å²) in [6.45, 7) is 2.01. The van der Waals surface area contributed by atoms with Gasteiger partial charge in [-0.05, 0) is 13.3 Å². The number of anilines is 2. The number of nitrogens with two attached hydrogens (primary N) is 1. The van der Waals surface area contributed by atoms with Gasteiger partial charge in [-0.2, -0.15) is 0 Å². The first-order valence-electron chi connectivity index (χ1n) is 7.37. The molecule has 0 saturated heterocycles. The van der Waals surface area contributed by atoms with Crippen LogP contribution < -0.4 is 11.1 Å². The van der Waals surface area contributed by atoms with Gasteiger partial charge in [0.25, 0.3) is 0 Å². The van der Waals surface area contributed by atoms with Crippen molar-refractivity contribution in [1.29, 1.82) is 0 Å². The second kappa shape index (κ2) is 6.43. The number of allylic oxidation sites excluding steroid dienone is 4. The Morgan fingerprint density at radius 2 is 2.30 bits per heavy atom. The highest BCUT2D eigenvalue weighted by atomic mass is 16.5. The van der Waals surface area contributed by atoms with Gasteiger partial charge in [0, 0.05) is 18.2 Å². The summed E-state index contributed by atoms with van der Waals surface area (Å²) >= 11 is 0. The van der Waals surface area contributed by atoms with Crippen molar-refractivity contribution in [1.82, 2.24) is 15.0 Å². The van der Waals surface area contributed by atoms with E-state index in [2.05, 4.69) is 32.4 Å². The molecule has 3 rings (SSSR count). The highest BCUT2D eigenvalue weighted by molar-refractivity contribution is 5.90. The minimum Gasteiger partial charge on any atom is -0.450 e. The van der Waals surface area contributed by atoms with Gasteiger partial charge >= 0.3 is 6.09 Å².